The lowest BCUT2D eigenvalue weighted by molar-refractivity contribution is 0.102. The summed E-state index contributed by atoms with van der Waals surface area (Å²) in [4.78, 5) is 18.4. The maximum atomic E-state index is 12.7. The molecular weight excluding hydrogens is 412 g/mol. The molecule has 0 aliphatic carbocycles. The van der Waals surface area contributed by atoms with Gasteiger partial charge in [0.2, 0.25) is 0 Å². The van der Waals surface area contributed by atoms with Gasteiger partial charge in [0.25, 0.3) is 5.91 Å². The van der Waals surface area contributed by atoms with Crippen LogP contribution in [0.15, 0.2) is 63.7 Å². The van der Waals surface area contributed by atoms with Crippen molar-refractivity contribution in [3.8, 4) is 11.3 Å². The van der Waals surface area contributed by atoms with Crippen molar-refractivity contribution in [3.05, 3.63) is 59.5 Å². The van der Waals surface area contributed by atoms with E-state index in [0.717, 1.165) is 16.2 Å². The molecule has 3 rings (SSSR count). The van der Waals surface area contributed by atoms with Gasteiger partial charge < -0.3 is 0 Å². The fourth-order valence-corrected chi connectivity index (χ4v) is 5.36. The quantitative estimate of drug-likeness (QED) is 0.534. The van der Waals surface area contributed by atoms with Crippen LogP contribution in [0, 0.1) is 0 Å². The zero-order chi connectivity index (χ0) is 20.1. The predicted octanol–water partition coefficient (Wildman–Crippen LogP) is 4.97. The summed E-state index contributed by atoms with van der Waals surface area (Å²) in [6.45, 7) is 1.79. The number of nitrogens with zero attached hydrogens (tertiary/aromatic N) is 1. The van der Waals surface area contributed by atoms with E-state index in [1.54, 1.807) is 30.8 Å². The van der Waals surface area contributed by atoms with Crippen molar-refractivity contribution in [1.29, 1.82) is 0 Å². The predicted molar refractivity (Wildman–Crippen MR) is 116 cm³/mol. The van der Waals surface area contributed by atoms with Crippen LogP contribution < -0.4 is 5.32 Å². The van der Waals surface area contributed by atoms with Crippen molar-refractivity contribution in [3.63, 3.8) is 0 Å². The van der Waals surface area contributed by atoms with Crippen molar-refractivity contribution >= 4 is 44.0 Å². The minimum Gasteiger partial charge on any atom is -0.298 e. The standard InChI is InChI=1S/C20H20N2O3S3/c1-3-12-28(24,25)18-7-5-4-6-16(18)19(23)22-20-21-17(13-27-20)14-8-10-15(26-2)11-9-14/h4-11,13H,3,12H2,1-2H3,(H,21,22,23). The molecule has 0 saturated heterocycles. The Kier molecular flexibility index (Phi) is 6.53. The molecule has 0 fully saturated rings. The van der Waals surface area contributed by atoms with Crippen molar-refractivity contribution in [1.82, 2.24) is 4.98 Å². The Bertz CT molecular complexity index is 1070. The third-order valence-corrected chi connectivity index (χ3v) is 7.52. The molecule has 0 spiro atoms. The molecule has 0 unspecified atom stereocenters. The molecule has 146 valence electrons. The number of hydrogen-bond donors (Lipinski definition) is 1. The van der Waals surface area contributed by atoms with Gasteiger partial charge in [-0.1, -0.05) is 31.2 Å². The van der Waals surface area contributed by atoms with Crippen molar-refractivity contribution in [2.45, 2.75) is 23.1 Å². The maximum absolute atomic E-state index is 12.7. The molecule has 3 aromatic rings. The lowest BCUT2D eigenvalue weighted by Crippen LogP contribution is -2.17. The second-order valence-electron chi connectivity index (χ2n) is 6.04. The number of amides is 1. The van der Waals surface area contributed by atoms with Crippen LogP contribution >= 0.6 is 23.1 Å². The summed E-state index contributed by atoms with van der Waals surface area (Å²) in [6.07, 6.45) is 2.51. The summed E-state index contributed by atoms with van der Waals surface area (Å²) in [7, 11) is -3.50. The van der Waals surface area contributed by atoms with Gasteiger partial charge >= 0.3 is 0 Å². The molecule has 0 saturated carbocycles. The number of hydrogen-bond acceptors (Lipinski definition) is 6. The van der Waals surface area contributed by atoms with E-state index >= 15 is 0 Å². The van der Waals surface area contributed by atoms with Gasteiger partial charge in [-0.25, -0.2) is 13.4 Å². The molecule has 0 radical (unpaired) electrons. The first-order valence-corrected chi connectivity index (χ1v) is 12.4. The lowest BCUT2D eigenvalue weighted by atomic mass is 10.2. The average molecular weight is 433 g/mol. The van der Waals surface area contributed by atoms with E-state index in [1.807, 2.05) is 35.9 Å². The van der Waals surface area contributed by atoms with E-state index in [1.165, 1.54) is 23.5 Å². The average Bonchev–Trinajstić information content (AvgIpc) is 3.16. The number of thiazole rings is 1. The molecule has 2 aromatic carbocycles. The van der Waals surface area contributed by atoms with E-state index in [2.05, 4.69) is 10.3 Å². The van der Waals surface area contributed by atoms with Gasteiger partial charge in [0.1, 0.15) is 0 Å². The van der Waals surface area contributed by atoms with Crippen molar-refractivity contribution in [2.75, 3.05) is 17.3 Å². The number of rotatable bonds is 7. The first kappa shape index (κ1) is 20.6. The second kappa shape index (κ2) is 8.89. The molecule has 1 heterocycles. The van der Waals surface area contributed by atoms with Crippen molar-refractivity contribution < 1.29 is 13.2 Å². The summed E-state index contributed by atoms with van der Waals surface area (Å²) >= 11 is 2.97. The van der Waals surface area contributed by atoms with Crippen LogP contribution in [0.4, 0.5) is 5.13 Å². The summed E-state index contributed by atoms with van der Waals surface area (Å²) in [5, 5.41) is 5.02. The first-order chi connectivity index (χ1) is 13.4. The Hall–Kier alpha value is -2.16. The zero-order valence-corrected chi connectivity index (χ0v) is 18.0. The van der Waals surface area contributed by atoms with Gasteiger partial charge in [0.15, 0.2) is 15.0 Å². The van der Waals surface area contributed by atoms with Crippen molar-refractivity contribution in [2.24, 2.45) is 0 Å². The lowest BCUT2D eigenvalue weighted by Gasteiger charge is -2.09. The van der Waals surface area contributed by atoms with E-state index < -0.39 is 15.7 Å². The van der Waals surface area contributed by atoms with Crippen LogP contribution in [0.3, 0.4) is 0 Å². The third kappa shape index (κ3) is 4.63. The van der Waals surface area contributed by atoms with Gasteiger partial charge in [-0.3, -0.25) is 10.1 Å². The smallest absolute Gasteiger partial charge is 0.258 e. The summed E-state index contributed by atoms with van der Waals surface area (Å²) in [5.74, 6) is -0.473. The van der Waals surface area contributed by atoms with Gasteiger partial charge in [-0.15, -0.1) is 23.1 Å². The largest absolute Gasteiger partial charge is 0.298 e. The van der Waals surface area contributed by atoms with Gasteiger partial charge in [-0.05, 0) is 36.9 Å². The topological polar surface area (TPSA) is 76.1 Å². The molecular formula is C20H20N2O3S3. The fourth-order valence-electron chi connectivity index (χ4n) is 2.69. The molecule has 0 atom stereocenters. The van der Waals surface area contributed by atoms with Crippen LogP contribution in [0.2, 0.25) is 0 Å². The first-order valence-electron chi connectivity index (χ1n) is 8.67. The highest BCUT2D eigenvalue weighted by molar-refractivity contribution is 7.98. The Labute approximate surface area is 173 Å². The van der Waals surface area contributed by atoms with Gasteiger partial charge in [0, 0.05) is 15.8 Å². The van der Waals surface area contributed by atoms with Crippen LogP contribution in [0.25, 0.3) is 11.3 Å². The Morgan fingerprint density at radius 1 is 1.14 bits per heavy atom. The van der Waals surface area contributed by atoms with E-state index in [4.69, 9.17) is 0 Å². The highest BCUT2D eigenvalue weighted by Gasteiger charge is 2.22. The number of thioether (sulfide) groups is 1. The monoisotopic (exact) mass is 432 g/mol. The number of carbonyl (C=O) groups excluding carboxylic acids is 1. The fraction of sp³-hybridized carbons (Fsp3) is 0.200. The number of sulfone groups is 1. The molecule has 1 aromatic heterocycles. The number of benzene rings is 2. The Morgan fingerprint density at radius 3 is 2.54 bits per heavy atom. The van der Waals surface area contributed by atoms with E-state index in [0.29, 0.717) is 11.6 Å². The molecule has 0 bridgehead atoms. The molecule has 1 amide bonds. The number of aromatic nitrogens is 1. The van der Waals surface area contributed by atoms with Crippen LogP contribution in [-0.4, -0.2) is 31.3 Å². The zero-order valence-electron chi connectivity index (χ0n) is 15.5. The van der Waals surface area contributed by atoms with Gasteiger partial charge in [0.05, 0.1) is 21.9 Å². The molecule has 5 nitrogen and oxygen atoms in total. The SMILES string of the molecule is CCCS(=O)(=O)c1ccccc1C(=O)Nc1nc(-c2ccc(SC)cc2)cs1. The van der Waals surface area contributed by atoms with Crippen LogP contribution in [0.5, 0.6) is 0 Å². The Balaban J connectivity index is 1.82. The normalized spacial score (nSPS) is 11.4. The second-order valence-corrected chi connectivity index (χ2v) is 9.85. The van der Waals surface area contributed by atoms with E-state index in [-0.39, 0.29) is 16.2 Å². The summed E-state index contributed by atoms with van der Waals surface area (Å²) in [6, 6.07) is 14.3. The highest BCUT2D eigenvalue weighted by atomic mass is 32.2. The third-order valence-electron chi connectivity index (χ3n) is 4.05. The highest BCUT2D eigenvalue weighted by Crippen LogP contribution is 2.27. The van der Waals surface area contributed by atoms with Crippen LogP contribution in [0.1, 0.15) is 23.7 Å². The van der Waals surface area contributed by atoms with Crippen LogP contribution in [-0.2, 0) is 9.84 Å². The minimum absolute atomic E-state index is 0.00470. The molecule has 28 heavy (non-hydrogen) atoms. The van der Waals surface area contributed by atoms with E-state index in [9.17, 15) is 13.2 Å². The Morgan fingerprint density at radius 2 is 1.86 bits per heavy atom. The number of nitrogens with one attached hydrogen (secondary N) is 1. The number of carbonyl (C=O) groups is 1. The molecule has 0 aliphatic heterocycles. The summed E-state index contributed by atoms with van der Waals surface area (Å²) in [5.41, 5.74) is 1.86. The summed E-state index contributed by atoms with van der Waals surface area (Å²) < 4.78 is 24.9. The molecule has 8 heteroatoms. The van der Waals surface area contributed by atoms with Gasteiger partial charge in [-0.2, -0.15) is 0 Å². The minimum atomic E-state index is -3.50. The number of anilines is 1. The molecule has 1 N–H and O–H groups in total. The molecule has 0 aliphatic rings. The maximum Gasteiger partial charge on any atom is 0.258 e.